The zero-order valence-electron chi connectivity index (χ0n) is 12.4. The molecule has 0 N–H and O–H groups in total. The van der Waals surface area contributed by atoms with Crippen molar-refractivity contribution in [2.24, 2.45) is 5.16 Å². The van der Waals surface area contributed by atoms with Crippen LogP contribution in [0, 0.1) is 0 Å². The highest BCUT2D eigenvalue weighted by atomic mass is 79.9. The van der Waals surface area contributed by atoms with E-state index in [9.17, 15) is 4.79 Å². The van der Waals surface area contributed by atoms with Gasteiger partial charge in [-0.1, -0.05) is 27.2 Å². The van der Waals surface area contributed by atoms with Crippen molar-refractivity contribution in [2.75, 3.05) is 13.7 Å². The molecule has 118 valence electrons. The Bertz CT molecular complexity index is 773. The normalized spacial score (nSPS) is 14.8. The van der Waals surface area contributed by atoms with Crippen molar-refractivity contribution >= 4 is 27.6 Å². The molecule has 1 heterocycles. The lowest BCUT2D eigenvalue weighted by Crippen LogP contribution is -2.17. The summed E-state index contributed by atoms with van der Waals surface area (Å²) in [6.45, 7) is 0.480. The smallest absolute Gasteiger partial charge is 0.365 e. The summed E-state index contributed by atoms with van der Waals surface area (Å²) in [5.41, 5.74) is 1.92. The fourth-order valence-corrected chi connectivity index (χ4v) is 2.64. The van der Waals surface area contributed by atoms with Crippen LogP contribution in [-0.2, 0) is 4.84 Å². The first-order valence-electron chi connectivity index (χ1n) is 7.02. The largest absolute Gasteiger partial charge is 0.497 e. The summed E-state index contributed by atoms with van der Waals surface area (Å²) in [7, 11) is 1.60. The van der Waals surface area contributed by atoms with Gasteiger partial charge in [0.05, 0.1) is 25.0 Å². The maximum Gasteiger partial charge on any atom is 0.365 e. The second-order valence-electron chi connectivity index (χ2n) is 4.89. The zero-order chi connectivity index (χ0) is 16.2. The summed E-state index contributed by atoms with van der Waals surface area (Å²) < 4.78 is 11.6. The highest BCUT2D eigenvalue weighted by Crippen LogP contribution is 2.29. The Morgan fingerprint density at radius 3 is 2.91 bits per heavy atom. The molecular formula is C17H14BrNO4. The van der Waals surface area contributed by atoms with Gasteiger partial charge in [0.2, 0.25) is 0 Å². The van der Waals surface area contributed by atoms with Crippen LogP contribution in [0.5, 0.6) is 11.5 Å². The van der Waals surface area contributed by atoms with Crippen molar-refractivity contribution in [3.8, 4) is 11.5 Å². The van der Waals surface area contributed by atoms with Gasteiger partial charge in [-0.2, -0.15) is 0 Å². The third-order valence-electron chi connectivity index (χ3n) is 3.40. The Hall–Kier alpha value is -2.34. The number of ether oxygens (including phenoxy) is 2. The van der Waals surface area contributed by atoms with E-state index in [0.29, 0.717) is 35.8 Å². The molecule has 0 bridgehead atoms. The molecule has 2 aromatic carbocycles. The molecule has 0 saturated heterocycles. The minimum absolute atomic E-state index is 0.436. The molecule has 0 amide bonds. The van der Waals surface area contributed by atoms with Crippen molar-refractivity contribution in [1.29, 1.82) is 0 Å². The van der Waals surface area contributed by atoms with E-state index in [0.717, 1.165) is 10.0 Å². The molecule has 0 saturated carbocycles. The van der Waals surface area contributed by atoms with E-state index >= 15 is 0 Å². The van der Waals surface area contributed by atoms with Gasteiger partial charge in [-0.15, -0.1) is 0 Å². The second kappa shape index (κ2) is 6.83. The molecule has 5 nitrogen and oxygen atoms in total. The van der Waals surface area contributed by atoms with Crippen molar-refractivity contribution in [3.63, 3.8) is 0 Å². The molecule has 0 unspecified atom stereocenters. The van der Waals surface area contributed by atoms with Crippen molar-refractivity contribution in [1.82, 2.24) is 0 Å². The molecule has 1 aliphatic heterocycles. The maximum atomic E-state index is 12.1. The van der Waals surface area contributed by atoms with Crippen LogP contribution < -0.4 is 9.47 Å². The van der Waals surface area contributed by atoms with Crippen LogP contribution in [0.1, 0.15) is 22.3 Å². The quantitative estimate of drug-likeness (QED) is 0.604. The first kappa shape index (κ1) is 15.6. The number of hydrogen-bond acceptors (Lipinski definition) is 5. The van der Waals surface area contributed by atoms with Crippen molar-refractivity contribution in [2.45, 2.75) is 6.42 Å². The Labute approximate surface area is 142 Å². The Kier molecular flexibility index (Phi) is 4.62. The molecule has 3 rings (SSSR count). The highest BCUT2D eigenvalue weighted by molar-refractivity contribution is 9.10. The van der Waals surface area contributed by atoms with Gasteiger partial charge in [0, 0.05) is 22.5 Å². The Morgan fingerprint density at radius 2 is 2.13 bits per heavy atom. The molecule has 1 aliphatic rings. The lowest BCUT2D eigenvalue weighted by molar-refractivity contribution is 0.0514. The van der Waals surface area contributed by atoms with E-state index in [1.54, 1.807) is 31.4 Å². The third-order valence-corrected chi connectivity index (χ3v) is 3.89. The fourth-order valence-electron chi connectivity index (χ4n) is 2.24. The summed E-state index contributed by atoms with van der Waals surface area (Å²) in [5.74, 6) is 0.879. The van der Waals surface area contributed by atoms with Crippen LogP contribution in [0.15, 0.2) is 52.1 Å². The first-order chi connectivity index (χ1) is 11.2. The minimum Gasteiger partial charge on any atom is -0.497 e. The Morgan fingerprint density at radius 1 is 1.26 bits per heavy atom. The van der Waals surface area contributed by atoms with E-state index < -0.39 is 5.97 Å². The maximum absolute atomic E-state index is 12.1. The lowest BCUT2D eigenvalue weighted by atomic mass is 10.0. The molecule has 0 atom stereocenters. The molecule has 0 fully saturated rings. The predicted molar refractivity (Wildman–Crippen MR) is 89.2 cm³/mol. The number of methoxy groups -OCH3 is 1. The van der Waals surface area contributed by atoms with Gasteiger partial charge >= 0.3 is 5.97 Å². The van der Waals surface area contributed by atoms with Crippen molar-refractivity contribution in [3.05, 3.63) is 58.1 Å². The number of carbonyl (C=O) groups excluding carboxylic acids is 1. The van der Waals surface area contributed by atoms with Gasteiger partial charge in [0.1, 0.15) is 11.5 Å². The number of hydrogen-bond donors (Lipinski definition) is 0. The molecule has 23 heavy (non-hydrogen) atoms. The Balaban J connectivity index is 1.80. The van der Waals surface area contributed by atoms with E-state index in [1.807, 2.05) is 18.2 Å². The summed E-state index contributed by atoms with van der Waals surface area (Å²) in [6.07, 6.45) is 0.574. The van der Waals surface area contributed by atoms with Crippen LogP contribution in [0.4, 0.5) is 0 Å². The summed E-state index contributed by atoms with van der Waals surface area (Å²) in [5, 5.41) is 4.02. The molecule has 0 aliphatic carbocycles. The second-order valence-corrected chi connectivity index (χ2v) is 5.80. The van der Waals surface area contributed by atoms with Crippen LogP contribution in [0.2, 0.25) is 0 Å². The van der Waals surface area contributed by atoms with Gasteiger partial charge in [-0.3, -0.25) is 0 Å². The van der Waals surface area contributed by atoms with Crippen molar-refractivity contribution < 1.29 is 19.1 Å². The predicted octanol–water partition coefficient (Wildman–Crippen LogP) is 3.80. The molecule has 2 aromatic rings. The van der Waals surface area contributed by atoms with E-state index in [4.69, 9.17) is 14.3 Å². The number of carbonyl (C=O) groups is 1. The van der Waals surface area contributed by atoms with Crippen LogP contribution in [0.25, 0.3) is 0 Å². The number of halogens is 1. The van der Waals surface area contributed by atoms with Gasteiger partial charge < -0.3 is 14.3 Å². The number of oxime groups is 1. The van der Waals surface area contributed by atoms with Crippen LogP contribution in [0.3, 0.4) is 0 Å². The zero-order valence-corrected chi connectivity index (χ0v) is 14.0. The number of benzene rings is 2. The topological polar surface area (TPSA) is 57.1 Å². The summed E-state index contributed by atoms with van der Waals surface area (Å²) in [6, 6.07) is 12.4. The standard InChI is InChI=1S/C17H14BrNO4/c1-21-13-5-6-14-15(7-8-22-16(14)10-13)19-23-17(20)11-3-2-4-12(18)9-11/h2-6,9-10H,7-8H2,1H3/b19-15+. The molecule has 0 aromatic heterocycles. The number of rotatable bonds is 3. The van der Waals surface area contributed by atoms with Crippen LogP contribution in [-0.4, -0.2) is 25.4 Å². The van der Waals surface area contributed by atoms with E-state index in [1.165, 1.54) is 0 Å². The van der Waals surface area contributed by atoms with E-state index in [-0.39, 0.29) is 0 Å². The van der Waals surface area contributed by atoms with Crippen LogP contribution >= 0.6 is 15.9 Å². The summed E-state index contributed by atoms with van der Waals surface area (Å²) in [4.78, 5) is 17.1. The fraction of sp³-hybridized carbons (Fsp3) is 0.176. The summed E-state index contributed by atoms with van der Waals surface area (Å²) >= 11 is 3.32. The highest BCUT2D eigenvalue weighted by Gasteiger charge is 2.19. The molecular weight excluding hydrogens is 362 g/mol. The van der Waals surface area contributed by atoms with Gasteiger partial charge in [0.15, 0.2) is 0 Å². The monoisotopic (exact) mass is 375 g/mol. The van der Waals surface area contributed by atoms with Gasteiger partial charge in [0.25, 0.3) is 0 Å². The van der Waals surface area contributed by atoms with Gasteiger partial charge in [-0.25, -0.2) is 4.79 Å². The van der Waals surface area contributed by atoms with Gasteiger partial charge in [-0.05, 0) is 30.3 Å². The average molecular weight is 376 g/mol. The molecule has 0 radical (unpaired) electrons. The number of fused-ring (bicyclic) bond motifs is 1. The minimum atomic E-state index is -0.500. The molecule has 6 heteroatoms. The average Bonchev–Trinajstić information content (AvgIpc) is 2.59. The molecule has 0 spiro atoms. The number of nitrogens with zero attached hydrogens (tertiary/aromatic N) is 1. The first-order valence-corrected chi connectivity index (χ1v) is 7.81. The lowest BCUT2D eigenvalue weighted by Gasteiger charge is -2.19. The SMILES string of the molecule is COc1ccc2c(c1)OCC/C2=N\OC(=O)c1cccc(Br)c1. The van der Waals surface area contributed by atoms with E-state index in [2.05, 4.69) is 21.1 Å². The third kappa shape index (κ3) is 3.53.